The zero-order chi connectivity index (χ0) is 70.8. The van der Waals surface area contributed by atoms with E-state index in [-0.39, 0.29) is 52.9 Å². The van der Waals surface area contributed by atoms with Gasteiger partial charge in [-0.1, -0.05) is 53.4 Å². The van der Waals surface area contributed by atoms with Crippen LogP contribution in [0, 0.1) is 0 Å². The van der Waals surface area contributed by atoms with Crippen molar-refractivity contribution in [1.82, 2.24) is 0 Å². The van der Waals surface area contributed by atoms with E-state index in [4.69, 9.17) is 31.4 Å². The van der Waals surface area contributed by atoms with Gasteiger partial charge in [0.05, 0.1) is 0 Å². The van der Waals surface area contributed by atoms with Gasteiger partial charge in [0.2, 0.25) is 0 Å². The van der Waals surface area contributed by atoms with Crippen molar-refractivity contribution in [1.29, 1.82) is 0 Å². The third-order valence-corrected chi connectivity index (χ3v) is 58.7. The van der Waals surface area contributed by atoms with Crippen LogP contribution in [0.2, 0.25) is 0 Å². The molecule has 0 aromatic carbocycles. The van der Waals surface area contributed by atoms with Crippen LogP contribution < -0.4 is 9.79 Å². The van der Waals surface area contributed by atoms with Gasteiger partial charge in [0.15, 0.2) is 0 Å². The third-order valence-electron chi connectivity index (χ3n) is 21.2. The van der Waals surface area contributed by atoms with Crippen molar-refractivity contribution < 1.29 is 55.7 Å². The predicted octanol–water partition coefficient (Wildman–Crippen LogP) is 29.2. The molecule has 0 aromatic rings. The van der Waals surface area contributed by atoms with Gasteiger partial charge in [-0.3, -0.25) is 0 Å². The molecule has 0 heterocycles. The summed E-state index contributed by atoms with van der Waals surface area (Å²) in [7, 11) is 0. The van der Waals surface area contributed by atoms with E-state index in [0.29, 0.717) is 51.4 Å². The van der Waals surface area contributed by atoms with Gasteiger partial charge in [0, 0.05) is 0 Å². The molecule has 590 valence electrons. The van der Waals surface area contributed by atoms with E-state index in [1.165, 1.54) is 205 Å². The number of hydrogen-bond donors (Lipinski definition) is 0. The molecular formula is C84H178O10P2Ti-2. The van der Waals surface area contributed by atoms with E-state index in [0.717, 1.165) is 180 Å². The van der Waals surface area contributed by atoms with E-state index in [9.17, 15) is 0 Å². The molecule has 0 unspecified atom stereocenters. The van der Waals surface area contributed by atoms with E-state index >= 15 is 9.79 Å². The number of hydrogen-bond acceptors (Lipinski definition) is 10. The molecule has 0 fully saturated rings. The van der Waals surface area contributed by atoms with Crippen molar-refractivity contribution in [3.8, 4) is 0 Å². The minimum Gasteiger partial charge on any atom is -0.0654 e. The molecule has 0 aliphatic carbocycles. The average molecular weight is 1460 g/mol. The Kier molecular flexibility index (Phi) is 72.3. The summed E-state index contributed by atoms with van der Waals surface area (Å²) < 4.78 is 61.8. The molecule has 0 spiro atoms. The van der Waals surface area contributed by atoms with Crippen molar-refractivity contribution in [3.63, 3.8) is 0 Å². The first kappa shape index (κ1) is 98.2. The summed E-state index contributed by atoms with van der Waals surface area (Å²) in [5.41, 5.74) is 0. The van der Waals surface area contributed by atoms with Crippen LogP contribution in [0.5, 0.6) is 0 Å². The summed E-state index contributed by atoms with van der Waals surface area (Å²) >= 11 is -8.37. The molecule has 0 aliphatic heterocycles. The van der Waals surface area contributed by atoms with Crippen molar-refractivity contribution in [2.75, 3.05) is 52.9 Å². The zero-order valence-electron chi connectivity index (χ0n) is 67.3. The molecule has 10 nitrogen and oxygen atoms in total. The van der Waals surface area contributed by atoms with E-state index in [1.807, 2.05) is 0 Å². The molecule has 0 radical (unpaired) electrons. The van der Waals surface area contributed by atoms with Gasteiger partial charge in [-0.2, -0.15) is 0 Å². The fraction of sp³-hybridized carbons (Fsp3) is 1.00. The van der Waals surface area contributed by atoms with Crippen LogP contribution in [-0.2, 0) is 45.9 Å². The van der Waals surface area contributed by atoms with Crippen LogP contribution in [0.3, 0.4) is 0 Å². The van der Waals surface area contributed by atoms with Gasteiger partial charge in [0.25, 0.3) is 0 Å². The van der Waals surface area contributed by atoms with E-state index < -0.39 is 26.4 Å². The van der Waals surface area contributed by atoms with Gasteiger partial charge < -0.3 is 0 Å². The SMILES string of the molecule is CCCCCCCCCCCCCO[PH]([O-])(OCCCCCCCCCCCCC)[Ti]([O]CCCCCCCC)([O]CCCCCCCC)([O]CCCCCCCC)([O]CCCCCCCC)[PH]([O-])(OCCCCCCCCCCCCC)OCCCCCCCCCCCCC. The minimum atomic E-state index is -8.37. The molecule has 0 saturated heterocycles. The smallest absolute Gasteiger partial charge is 0.0654 e. The molecule has 0 aliphatic rings. The molecule has 0 bridgehead atoms. The molecule has 0 atom stereocenters. The summed E-state index contributed by atoms with van der Waals surface area (Å²) in [6.07, 6.45) is 75.4. The van der Waals surface area contributed by atoms with Crippen LogP contribution in [0.15, 0.2) is 0 Å². The van der Waals surface area contributed by atoms with Gasteiger partial charge in [-0.25, -0.2) is 0 Å². The fourth-order valence-electron chi connectivity index (χ4n) is 14.5. The van der Waals surface area contributed by atoms with Gasteiger partial charge >= 0.3 is 559 Å². The quantitative estimate of drug-likeness (QED) is 0.0331. The Balaban J connectivity index is 8.71. The molecule has 0 saturated carbocycles. The van der Waals surface area contributed by atoms with Crippen LogP contribution in [0.4, 0.5) is 0 Å². The normalized spacial score (nSPS) is 13.5. The molecule has 0 N–H and O–H groups in total. The maximum absolute atomic E-state index is 18.6. The summed E-state index contributed by atoms with van der Waals surface area (Å²) in [5, 5.41) is 0. The molecular weight excluding hydrogens is 1280 g/mol. The van der Waals surface area contributed by atoms with Crippen LogP contribution in [0.25, 0.3) is 0 Å². The van der Waals surface area contributed by atoms with E-state index in [2.05, 4.69) is 55.4 Å². The second-order valence-corrected chi connectivity index (χ2v) is 56.8. The molecule has 0 amide bonds. The second kappa shape index (κ2) is 71.4. The van der Waals surface area contributed by atoms with Crippen molar-refractivity contribution in [2.45, 2.75) is 492 Å². The Labute approximate surface area is 608 Å². The van der Waals surface area contributed by atoms with Gasteiger partial charge in [-0.05, 0) is 0 Å². The summed E-state index contributed by atoms with van der Waals surface area (Å²) in [4.78, 5) is 37.2. The number of rotatable bonds is 86. The van der Waals surface area contributed by atoms with Crippen LogP contribution in [-0.4, -0.2) is 52.9 Å². The van der Waals surface area contributed by atoms with E-state index in [1.54, 1.807) is 0 Å². The third kappa shape index (κ3) is 45.4. The Morgan fingerprint density at radius 3 is 0.381 bits per heavy atom. The topological polar surface area (TPSA) is 120 Å². The van der Waals surface area contributed by atoms with Gasteiger partial charge in [-0.15, -0.1) is 0 Å². The van der Waals surface area contributed by atoms with Crippen molar-refractivity contribution in [2.24, 2.45) is 0 Å². The predicted molar refractivity (Wildman–Crippen MR) is 424 cm³/mol. The molecule has 13 heteroatoms. The zero-order valence-corrected chi connectivity index (χ0v) is 70.9. The summed E-state index contributed by atoms with van der Waals surface area (Å²) in [6, 6.07) is 0. The summed E-state index contributed by atoms with van der Waals surface area (Å²) in [5.74, 6) is -11.3. The fourth-order valence-corrected chi connectivity index (χ4v) is 51.5. The maximum atomic E-state index is 18.6. The first-order chi connectivity index (χ1) is 47.6. The first-order valence-corrected chi connectivity index (χ1v) is 55.2. The monoisotopic (exact) mass is 1460 g/mol. The van der Waals surface area contributed by atoms with Gasteiger partial charge in [0.1, 0.15) is 0 Å². The molecule has 0 aromatic heterocycles. The van der Waals surface area contributed by atoms with Crippen LogP contribution in [0.1, 0.15) is 492 Å². The Morgan fingerprint density at radius 2 is 0.258 bits per heavy atom. The Bertz CT molecular complexity index is 1350. The Morgan fingerprint density at radius 1 is 0.155 bits per heavy atom. The number of unbranched alkanes of at least 4 members (excludes halogenated alkanes) is 60. The summed E-state index contributed by atoms with van der Waals surface area (Å²) in [6.45, 7) is 19.0. The van der Waals surface area contributed by atoms with Crippen molar-refractivity contribution >= 4 is 11.9 Å². The average Bonchev–Trinajstić information content (AvgIpc) is 0.631. The standard InChI is InChI=1S/2C26H55O3P.4C8H17O.Ti/c2*1-3-5-7-9-11-13-15-17-19-21-23-25-28-30(27)29-26-24-22-20-18-16-14-12-10-8-6-4-2;4*1-2-3-4-5-6-7-8-9;/h2*30H,3-26H2,1-2H3;4*2-8H2,1H3;/q;;4*-1;+2. The minimum absolute atomic E-state index is 0.0709. The molecule has 0 rings (SSSR count). The van der Waals surface area contributed by atoms with Crippen molar-refractivity contribution in [3.05, 3.63) is 0 Å². The molecule has 97 heavy (non-hydrogen) atoms. The second-order valence-electron chi connectivity index (χ2n) is 30.6. The Hall–Kier alpha value is 1.17. The van der Waals surface area contributed by atoms with Crippen LogP contribution >= 0.6 is 11.9 Å². The first-order valence-electron chi connectivity index (χ1n) is 44.5.